The first-order valence-corrected chi connectivity index (χ1v) is 6.03. The fraction of sp³-hybridized carbons (Fsp3) is 0.357. The number of rotatable bonds is 4. The predicted molar refractivity (Wildman–Crippen MR) is 67.3 cm³/mol. The van der Waals surface area contributed by atoms with E-state index in [1.165, 1.54) is 0 Å². The number of carboxylic acids is 1. The Morgan fingerprint density at radius 1 is 1.33 bits per heavy atom. The molecule has 1 aliphatic rings. The summed E-state index contributed by atoms with van der Waals surface area (Å²) < 4.78 is 11.2. The van der Waals surface area contributed by atoms with E-state index in [1.807, 2.05) is 24.3 Å². The molecule has 0 spiro atoms. The minimum atomic E-state index is -0.953. The molecular weight excluding hydrogens is 232 g/mol. The first-order chi connectivity index (χ1) is 8.74. The summed E-state index contributed by atoms with van der Waals surface area (Å²) in [6.07, 6.45) is 5.64. The smallest absolute Gasteiger partial charge is 0.328 e. The molecule has 0 aliphatic carbocycles. The van der Waals surface area contributed by atoms with Crippen LogP contribution in [0.25, 0.3) is 6.08 Å². The quantitative estimate of drug-likeness (QED) is 0.832. The highest BCUT2D eigenvalue weighted by atomic mass is 16.7. The van der Waals surface area contributed by atoms with Crippen molar-refractivity contribution in [1.82, 2.24) is 0 Å². The highest BCUT2D eigenvalue weighted by Gasteiger charge is 2.14. The van der Waals surface area contributed by atoms with Crippen molar-refractivity contribution in [3.8, 4) is 5.75 Å². The van der Waals surface area contributed by atoms with Gasteiger partial charge >= 0.3 is 5.97 Å². The summed E-state index contributed by atoms with van der Waals surface area (Å²) in [6.45, 7) is 0.754. The van der Waals surface area contributed by atoms with Crippen molar-refractivity contribution in [3.05, 3.63) is 35.9 Å². The van der Waals surface area contributed by atoms with Crippen LogP contribution in [0, 0.1) is 0 Å². The lowest BCUT2D eigenvalue weighted by atomic mass is 10.2. The van der Waals surface area contributed by atoms with E-state index >= 15 is 0 Å². The molecule has 0 bridgehead atoms. The van der Waals surface area contributed by atoms with E-state index in [0.29, 0.717) is 0 Å². The van der Waals surface area contributed by atoms with Gasteiger partial charge in [-0.2, -0.15) is 0 Å². The summed E-state index contributed by atoms with van der Waals surface area (Å²) in [5.74, 6) is -0.208. The fourth-order valence-corrected chi connectivity index (χ4v) is 1.78. The molecule has 0 amide bonds. The highest BCUT2D eigenvalue weighted by Crippen LogP contribution is 2.19. The van der Waals surface area contributed by atoms with Crippen LogP contribution < -0.4 is 4.74 Å². The number of aliphatic carboxylic acids is 1. The van der Waals surface area contributed by atoms with Crippen LogP contribution in [0.3, 0.4) is 0 Å². The molecule has 96 valence electrons. The zero-order valence-corrected chi connectivity index (χ0v) is 10.0. The summed E-state index contributed by atoms with van der Waals surface area (Å²) >= 11 is 0. The molecule has 1 atom stereocenters. The maximum absolute atomic E-state index is 10.4. The van der Waals surface area contributed by atoms with Crippen LogP contribution in [-0.2, 0) is 9.53 Å². The van der Waals surface area contributed by atoms with E-state index in [9.17, 15) is 4.79 Å². The maximum atomic E-state index is 10.4. The molecule has 0 radical (unpaired) electrons. The van der Waals surface area contributed by atoms with Crippen LogP contribution in [0.15, 0.2) is 30.3 Å². The molecular formula is C14H16O4. The Labute approximate surface area is 106 Å². The third kappa shape index (κ3) is 3.89. The molecule has 1 saturated heterocycles. The molecule has 0 saturated carbocycles. The van der Waals surface area contributed by atoms with Crippen molar-refractivity contribution >= 4 is 12.0 Å². The van der Waals surface area contributed by atoms with E-state index in [0.717, 1.165) is 43.3 Å². The molecule has 1 aromatic carbocycles. The predicted octanol–water partition coefficient (Wildman–Crippen LogP) is 2.69. The first kappa shape index (κ1) is 12.6. The topological polar surface area (TPSA) is 55.8 Å². The normalized spacial score (nSPS) is 19.9. The molecule has 2 rings (SSSR count). The Kier molecular flexibility index (Phi) is 4.36. The molecule has 1 aromatic rings. The van der Waals surface area contributed by atoms with Gasteiger partial charge in [0.25, 0.3) is 0 Å². The molecule has 1 N–H and O–H groups in total. The second-order valence-electron chi connectivity index (χ2n) is 4.15. The SMILES string of the molecule is O=C(O)C=Cc1ccc(OC2CCCCO2)cc1. The molecule has 1 heterocycles. The Balaban J connectivity index is 1.92. The van der Waals surface area contributed by atoms with Crippen molar-refractivity contribution in [2.75, 3.05) is 6.61 Å². The number of ether oxygens (including phenoxy) is 2. The number of hydrogen-bond donors (Lipinski definition) is 1. The van der Waals surface area contributed by atoms with Gasteiger partial charge in [-0.05, 0) is 36.6 Å². The van der Waals surface area contributed by atoms with E-state index in [1.54, 1.807) is 6.08 Å². The van der Waals surface area contributed by atoms with Crippen LogP contribution in [0.4, 0.5) is 0 Å². The van der Waals surface area contributed by atoms with Gasteiger partial charge in [0.15, 0.2) is 6.29 Å². The molecule has 18 heavy (non-hydrogen) atoms. The standard InChI is InChI=1S/C14H16O4/c15-13(16)9-6-11-4-7-12(8-5-11)18-14-3-1-2-10-17-14/h4-9,14H,1-3,10H2,(H,15,16). The summed E-state index contributed by atoms with van der Waals surface area (Å²) in [6, 6.07) is 7.27. The minimum Gasteiger partial charge on any atom is -0.478 e. The van der Waals surface area contributed by atoms with E-state index in [4.69, 9.17) is 14.6 Å². The Morgan fingerprint density at radius 2 is 2.11 bits per heavy atom. The van der Waals surface area contributed by atoms with Crippen LogP contribution in [-0.4, -0.2) is 24.0 Å². The van der Waals surface area contributed by atoms with Crippen LogP contribution in [0.1, 0.15) is 24.8 Å². The van der Waals surface area contributed by atoms with Gasteiger partial charge in [-0.1, -0.05) is 12.1 Å². The zero-order valence-electron chi connectivity index (χ0n) is 10.0. The molecule has 4 heteroatoms. The number of benzene rings is 1. The van der Waals surface area contributed by atoms with Gasteiger partial charge in [-0.25, -0.2) is 4.79 Å². The van der Waals surface area contributed by atoms with Crippen molar-refractivity contribution < 1.29 is 19.4 Å². The van der Waals surface area contributed by atoms with Gasteiger partial charge in [0.2, 0.25) is 0 Å². The van der Waals surface area contributed by atoms with Crippen LogP contribution in [0.2, 0.25) is 0 Å². The third-order valence-electron chi connectivity index (χ3n) is 2.70. The third-order valence-corrected chi connectivity index (χ3v) is 2.70. The average Bonchev–Trinajstić information content (AvgIpc) is 2.39. The first-order valence-electron chi connectivity index (χ1n) is 6.03. The monoisotopic (exact) mass is 248 g/mol. The maximum Gasteiger partial charge on any atom is 0.328 e. The largest absolute Gasteiger partial charge is 0.478 e. The summed E-state index contributed by atoms with van der Waals surface area (Å²) in [5, 5.41) is 8.52. The van der Waals surface area contributed by atoms with Gasteiger partial charge < -0.3 is 14.6 Å². The zero-order chi connectivity index (χ0) is 12.8. The summed E-state index contributed by atoms with van der Waals surface area (Å²) in [4.78, 5) is 10.4. The van der Waals surface area contributed by atoms with E-state index in [-0.39, 0.29) is 6.29 Å². The lowest BCUT2D eigenvalue weighted by Crippen LogP contribution is -2.24. The van der Waals surface area contributed by atoms with E-state index in [2.05, 4.69) is 0 Å². The van der Waals surface area contributed by atoms with Crippen LogP contribution >= 0.6 is 0 Å². The lowest BCUT2D eigenvalue weighted by Gasteiger charge is -2.23. The lowest BCUT2D eigenvalue weighted by molar-refractivity contribution is -0.131. The van der Waals surface area contributed by atoms with Gasteiger partial charge in [0, 0.05) is 12.5 Å². The average molecular weight is 248 g/mol. The number of carboxylic acid groups (broad SMARTS) is 1. The van der Waals surface area contributed by atoms with Gasteiger partial charge in [0.05, 0.1) is 6.61 Å². The van der Waals surface area contributed by atoms with E-state index < -0.39 is 5.97 Å². The second kappa shape index (κ2) is 6.21. The number of hydrogen-bond acceptors (Lipinski definition) is 3. The molecule has 0 aromatic heterocycles. The Hall–Kier alpha value is -1.81. The van der Waals surface area contributed by atoms with Gasteiger partial charge in [0.1, 0.15) is 5.75 Å². The van der Waals surface area contributed by atoms with Crippen molar-refractivity contribution in [2.45, 2.75) is 25.6 Å². The van der Waals surface area contributed by atoms with Crippen molar-refractivity contribution in [1.29, 1.82) is 0 Å². The number of carbonyl (C=O) groups is 1. The molecule has 1 unspecified atom stereocenters. The minimum absolute atomic E-state index is 0.154. The Morgan fingerprint density at radius 3 is 2.72 bits per heavy atom. The van der Waals surface area contributed by atoms with Crippen LogP contribution in [0.5, 0.6) is 5.75 Å². The molecule has 1 aliphatic heterocycles. The molecule has 1 fully saturated rings. The van der Waals surface area contributed by atoms with Gasteiger partial charge in [-0.3, -0.25) is 0 Å². The van der Waals surface area contributed by atoms with Gasteiger partial charge in [-0.15, -0.1) is 0 Å². The highest BCUT2D eigenvalue weighted by molar-refractivity contribution is 5.85. The van der Waals surface area contributed by atoms with Crippen molar-refractivity contribution in [3.63, 3.8) is 0 Å². The van der Waals surface area contributed by atoms with Crippen molar-refractivity contribution in [2.24, 2.45) is 0 Å². The summed E-state index contributed by atoms with van der Waals surface area (Å²) in [5.41, 5.74) is 0.828. The second-order valence-corrected chi connectivity index (χ2v) is 4.15. The fourth-order valence-electron chi connectivity index (χ4n) is 1.78. The summed E-state index contributed by atoms with van der Waals surface area (Å²) in [7, 11) is 0. The molecule has 4 nitrogen and oxygen atoms in total. The Bertz CT molecular complexity index is 416.